The van der Waals surface area contributed by atoms with Gasteiger partial charge in [0.2, 0.25) is 0 Å². The molecule has 3 aromatic rings. The number of thioether (sulfide) groups is 1. The van der Waals surface area contributed by atoms with Gasteiger partial charge < -0.3 is 4.74 Å². The van der Waals surface area contributed by atoms with Crippen LogP contribution in [0.2, 0.25) is 0 Å². The lowest BCUT2D eigenvalue weighted by molar-refractivity contribution is -0.122. The van der Waals surface area contributed by atoms with Crippen LogP contribution in [0, 0.1) is 5.82 Å². The molecule has 1 heterocycles. The molecule has 32 heavy (non-hydrogen) atoms. The molecule has 1 aliphatic heterocycles. The Kier molecular flexibility index (Phi) is 7.35. The zero-order valence-corrected chi connectivity index (χ0v) is 19.0. The fourth-order valence-electron chi connectivity index (χ4n) is 3.34. The third-order valence-electron chi connectivity index (χ3n) is 5.06. The number of ether oxygens (including phenoxy) is 1. The third kappa shape index (κ3) is 5.84. The molecule has 1 amide bonds. The first-order valence-corrected chi connectivity index (χ1v) is 11.6. The summed E-state index contributed by atoms with van der Waals surface area (Å²) in [6.07, 6.45) is 3.64. The van der Waals surface area contributed by atoms with E-state index < -0.39 is 0 Å². The highest BCUT2D eigenvalue weighted by atomic mass is 32.2. The Morgan fingerprint density at radius 1 is 0.938 bits per heavy atom. The number of hydrogen-bond acceptors (Lipinski definition) is 4. The molecular formula is C26H22FNO2S2. The summed E-state index contributed by atoms with van der Waals surface area (Å²) in [5.74, 6) is 0.407. The summed E-state index contributed by atoms with van der Waals surface area (Å²) in [4.78, 5) is 15.1. The van der Waals surface area contributed by atoms with Gasteiger partial charge in [0.15, 0.2) is 0 Å². The molecule has 0 saturated carbocycles. The molecule has 0 aromatic heterocycles. The number of aryl methyl sites for hydroxylation is 1. The number of amides is 1. The van der Waals surface area contributed by atoms with Crippen molar-refractivity contribution < 1.29 is 13.9 Å². The predicted octanol–water partition coefficient (Wildman–Crippen LogP) is 6.24. The zero-order valence-electron chi connectivity index (χ0n) is 17.4. The number of carbonyl (C=O) groups is 1. The fraction of sp³-hybridized carbons (Fsp3) is 0.154. The van der Waals surface area contributed by atoms with Crippen molar-refractivity contribution >= 4 is 40.3 Å². The molecule has 0 radical (unpaired) electrons. The first kappa shape index (κ1) is 22.2. The smallest absolute Gasteiger partial charge is 0.266 e. The van der Waals surface area contributed by atoms with Crippen LogP contribution < -0.4 is 4.74 Å². The van der Waals surface area contributed by atoms with Crippen LogP contribution in [0.15, 0.2) is 83.8 Å². The van der Waals surface area contributed by atoms with Crippen LogP contribution in [0.25, 0.3) is 6.08 Å². The van der Waals surface area contributed by atoms with Crippen LogP contribution in [0.1, 0.15) is 23.1 Å². The van der Waals surface area contributed by atoms with Gasteiger partial charge in [0.25, 0.3) is 5.91 Å². The first-order valence-electron chi connectivity index (χ1n) is 10.3. The summed E-state index contributed by atoms with van der Waals surface area (Å²) in [7, 11) is 0. The maximum absolute atomic E-state index is 13.0. The third-order valence-corrected chi connectivity index (χ3v) is 6.44. The summed E-state index contributed by atoms with van der Waals surface area (Å²) in [6.45, 7) is 0.980. The van der Waals surface area contributed by atoms with Crippen molar-refractivity contribution in [2.75, 3.05) is 6.54 Å². The number of benzene rings is 3. The number of halogens is 1. The van der Waals surface area contributed by atoms with Gasteiger partial charge >= 0.3 is 0 Å². The molecule has 162 valence electrons. The lowest BCUT2D eigenvalue weighted by Crippen LogP contribution is -2.29. The molecule has 0 atom stereocenters. The van der Waals surface area contributed by atoms with Gasteiger partial charge in [-0.05, 0) is 59.9 Å². The Labute approximate surface area is 196 Å². The fourth-order valence-corrected chi connectivity index (χ4v) is 4.65. The van der Waals surface area contributed by atoms with Gasteiger partial charge in [0.05, 0.1) is 4.91 Å². The van der Waals surface area contributed by atoms with Crippen molar-refractivity contribution in [3.8, 4) is 5.75 Å². The molecule has 3 aromatic carbocycles. The maximum atomic E-state index is 13.0. The summed E-state index contributed by atoms with van der Waals surface area (Å²) < 4.78 is 19.3. The Bertz CT molecular complexity index is 1110. The second-order valence-corrected chi connectivity index (χ2v) is 9.08. The van der Waals surface area contributed by atoms with E-state index in [4.69, 9.17) is 17.0 Å². The first-order chi connectivity index (χ1) is 15.6. The molecule has 1 aliphatic rings. The van der Waals surface area contributed by atoms with Crippen molar-refractivity contribution in [2.45, 2.75) is 19.4 Å². The summed E-state index contributed by atoms with van der Waals surface area (Å²) in [5.41, 5.74) is 3.06. The highest BCUT2D eigenvalue weighted by molar-refractivity contribution is 8.26. The van der Waals surface area contributed by atoms with E-state index in [-0.39, 0.29) is 11.7 Å². The van der Waals surface area contributed by atoms with Gasteiger partial charge in [-0.15, -0.1) is 0 Å². The Hall–Kier alpha value is -2.96. The quantitative estimate of drug-likeness (QED) is 0.292. The number of nitrogens with zero attached hydrogens (tertiary/aromatic N) is 1. The predicted molar refractivity (Wildman–Crippen MR) is 132 cm³/mol. The van der Waals surface area contributed by atoms with Crippen molar-refractivity contribution in [3.63, 3.8) is 0 Å². The molecule has 0 aliphatic carbocycles. The standard InChI is InChI=1S/C26H22FNO2S2/c27-22-12-8-21(9-13-22)18-30-23-14-10-20(11-15-23)17-24-25(29)28(26(31)32-24)16-4-7-19-5-2-1-3-6-19/h1-3,5-6,8-15,17H,4,7,16,18H2/b24-17-. The second-order valence-electron chi connectivity index (χ2n) is 7.41. The number of carbonyl (C=O) groups excluding carboxylic acids is 1. The van der Waals surface area contributed by atoms with E-state index in [2.05, 4.69) is 12.1 Å². The Balaban J connectivity index is 1.32. The largest absolute Gasteiger partial charge is 0.489 e. The van der Waals surface area contributed by atoms with Gasteiger partial charge in [-0.2, -0.15) is 0 Å². The minimum absolute atomic E-state index is 0.0373. The molecule has 0 N–H and O–H groups in total. The zero-order chi connectivity index (χ0) is 22.3. The van der Waals surface area contributed by atoms with E-state index in [1.807, 2.05) is 48.5 Å². The molecule has 1 saturated heterocycles. The average molecular weight is 464 g/mol. The molecular weight excluding hydrogens is 441 g/mol. The number of rotatable bonds is 8. The summed E-state index contributed by atoms with van der Waals surface area (Å²) >= 11 is 6.78. The van der Waals surface area contributed by atoms with Crippen molar-refractivity contribution in [2.24, 2.45) is 0 Å². The normalized spacial score (nSPS) is 14.9. The molecule has 1 fully saturated rings. The Morgan fingerprint density at radius 3 is 2.38 bits per heavy atom. The summed E-state index contributed by atoms with van der Waals surface area (Å²) in [5, 5.41) is 0. The van der Waals surface area contributed by atoms with E-state index >= 15 is 0 Å². The molecule has 4 rings (SSSR count). The van der Waals surface area contributed by atoms with Crippen molar-refractivity contribution in [1.82, 2.24) is 4.90 Å². The van der Waals surface area contributed by atoms with Gasteiger partial charge in [0.1, 0.15) is 22.5 Å². The van der Waals surface area contributed by atoms with E-state index in [1.165, 1.54) is 29.5 Å². The van der Waals surface area contributed by atoms with Crippen LogP contribution in [-0.2, 0) is 17.8 Å². The Morgan fingerprint density at radius 2 is 1.66 bits per heavy atom. The van der Waals surface area contributed by atoms with E-state index in [1.54, 1.807) is 17.0 Å². The van der Waals surface area contributed by atoms with Crippen LogP contribution in [0.3, 0.4) is 0 Å². The molecule has 0 unspecified atom stereocenters. The molecule has 0 bridgehead atoms. The van der Waals surface area contributed by atoms with E-state index in [0.717, 1.165) is 24.0 Å². The average Bonchev–Trinajstić information content (AvgIpc) is 3.08. The highest BCUT2D eigenvalue weighted by Gasteiger charge is 2.31. The van der Waals surface area contributed by atoms with Crippen LogP contribution in [0.4, 0.5) is 4.39 Å². The minimum atomic E-state index is -0.264. The molecule has 3 nitrogen and oxygen atoms in total. The highest BCUT2D eigenvalue weighted by Crippen LogP contribution is 2.33. The van der Waals surface area contributed by atoms with Gasteiger partial charge in [-0.25, -0.2) is 4.39 Å². The van der Waals surface area contributed by atoms with Crippen LogP contribution in [0.5, 0.6) is 5.75 Å². The van der Waals surface area contributed by atoms with E-state index in [0.29, 0.717) is 28.1 Å². The van der Waals surface area contributed by atoms with Gasteiger partial charge in [-0.3, -0.25) is 9.69 Å². The summed E-state index contributed by atoms with van der Waals surface area (Å²) in [6, 6.07) is 24.0. The second kappa shape index (κ2) is 10.6. The van der Waals surface area contributed by atoms with Crippen LogP contribution >= 0.6 is 24.0 Å². The minimum Gasteiger partial charge on any atom is -0.489 e. The number of hydrogen-bond donors (Lipinski definition) is 0. The van der Waals surface area contributed by atoms with Crippen molar-refractivity contribution in [1.29, 1.82) is 0 Å². The van der Waals surface area contributed by atoms with Crippen molar-refractivity contribution in [3.05, 3.63) is 106 Å². The molecule has 0 spiro atoms. The van der Waals surface area contributed by atoms with Gasteiger partial charge in [0, 0.05) is 6.54 Å². The maximum Gasteiger partial charge on any atom is 0.266 e. The van der Waals surface area contributed by atoms with Crippen LogP contribution in [-0.4, -0.2) is 21.7 Å². The lowest BCUT2D eigenvalue weighted by Gasteiger charge is -2.14. The molecule has 6 heteroatoms. The van der Waals surface area contributed by atoms with Gasteiger partial charge in [-0.1, -0.05) is 78.6 Å². The lowest BCUT2D eigenvalue weighted by atomic mass is 10.1. The van der Waals surface area contributed by atoms with E-state index in [9.17, 15) is 9.18 Å². The monoisotopic (exact) mass is 463 g/mol. The SMILES string of the molecule is O=C1/C(=C/c2ccc(OCc3ccc(F)cc3)cc2)SC(=S)N1CCCc1ccccc1. The topological polar surface area (TPSA) is 29.5 Å². The number of thiocarbonyl (C=S) groups is 1.